The van der Waals surface area contributed by atoms with Crippen molar-refractivity contribution in [2.45, 2.75) is 17.9 Å². The summed E-state index contributed by atoms with van der Waals surface area (Å²) in [6, 6.07) is 6.40. The molecule has 0 saturated heterocycles. The van der Waals surface area contributed by atoms with Crippen LogP contribution in [0.2, 0.25) is 0 Å². The molecule has 0 spiro atoms. The zero-order valence-electron chi connectivity index (χ0n) is 10.1. The number of para-hydroxylation sites is 1. The average Bonchev–Trinajstić information content (AvgIpc) is 2.28. The van der Waals surface area contributed by atoms with E-state index in [-0.39, 0.29) is 11.4 Å². The maximum atomic E-state index is 12.2. The van der Waals surface area contributed by atoms with Crippen molar-refractivity contribution in [3.8, 4) is 5.75 Å². The van der Waals surface area contributed by atoms with Crippen molar-refractivity contribution in [3.63, 3.8) is 0 Å². The van der Waals surface area contributed by atoms with Crippen LogP contribution >= 0.6 is 0 Å². The third-order valence-corrected chi connectivity index (χ3v) is 4.14. The van der Waals surface area contributed by atoms with E-state index in [2.05, 4.69) is 0 Å². The van der Waals surface area contributed by atoms with E-state index in [0.29, 0.717) is 5.75 Å². The first-order chi connectivity index (χ1) is 7.89. The first kappa shape index (κ1) is 14.0. The third kappa shape index (κ3) is 3.18. The second kappa shape index (κ2) is 5.48. The first-order valence-electron chi connectivity index (χ1n) is 5.17. The summed E-state index contributed by atoms with van der Waals surface area (Å²) in [5.74, 6) is 0.296. The summed E-state index contributed by atoms with van der Waals surface area (Å²) in [4.78, 5) is 0.102. The Kier molecular flexibility index (Phi) is 4.50. The monoisotopic (exact) mass is 259 g/mol. The van der Waals surface area contributed by atoms with Crippen molar-refractivity contribution in [2.24, 2.45) is 0 Å². The molecule has 96 valence electrons. The van der Waals surface area contributed by atoms with E-state index < -0.39 is 16.1 Å². The smallest absolute Gasteiger partial charge is 0.246 e. The van der Waals surface area contributed by atoms with Crippen LogP contribution in [0.4, 0.5) is 0 Å². The van der Waals surface area contributed by atoms with Gasteiger partial charge in [0.1, 0.15) is 10.6 Å². The zero-order valence-corrected chi connectivity index (χ0v) is 10.9. The van der Waals surface area contributed by atoms with Gasteiger partial charge in [0.15, 0.2) is 0 Å². The molecule has 0 fully saturated rings. The van der Waals surface area contributed by atoms with Gasteiger partial charge in [0.05, 0.1) is 13.2 Å². The van der Waals surface area contributed by atoms with Crippen molar-refractivity contribution < 1.29 is 18.3 Å². The number of aliphatic hydroxyl groups excluding tert-OH is 1. The van der Waals surface area contributed by atoms with Crippen LogP contribution in [-0.4, -0.2) is 44.6 Å². The molecular formula is C11H17NO4S. The predicted octanol–water partition coefficient (Wildman–Crippen LogP) is 0.696. The first-order valence-corrected chi connectivity index (χ1v) is 6.61. The van der Waals surface area contributed by atoms with Gasteiger partial charge >= 0.3 is 0 Å². The maximum Gasteiger partial charge on any atom is 0.246 e. The van der Waals surface area contributed by atoms with Crippen molar-refractivity contribution in [1.29, 1.82) is 0 Å². The van der Waals surface area contributed by atoms with Gasteiger partial charge in [-0.15, -0.1) is 0 Å². The summed E-state index contributed by atoms with van der Waals surface area (Å²) in [7, 11) is -0.784. The molecule has 1 atom stereocenters. The van der Waals surface area contributed by atoms with E-state index in [9.17, 15) is 13.5 Å². The van der Waals surface area contributed by atoms with Gasteiger partial charge in [-0.3, -0.25) is 0 Å². The molecule has 0 aliphatic heterocycles. The summed E-state index contributed by atoms with van der Waals surface area (Å²) in [6.07, 6.45) is -0.718. The molecule has 1 unspecified atom stereocenters. The van der Waals surface area contributed by atoms with E-state index in [1.165, 1.54) is 27.1 Å². The SMILES string of the molecule is COc1ccccc1S(=O)(=O)N(C)CC(C)O. The van der Waals surface area contributed by atoms with E-state index in [0.717, 1.165) is 4.31 Å². The van der Waals surface area contributed by atoms with Gasteiger partial charge < -0.3 is 9.84 Å². The molecule has 0 saturated carbocycles. The quantitative estimate of drug-likeness (QED) is 0.845. The van der Waals surface area contributed by atoms with E-state index >= 15 is 0 Å². The van der Waals surface area contributed by atoms with Crippen LogP contribution in [0.1, 0.15) is 6.92 Å². The molecule has 0 radical (unpaired) electrons. The molecule has 6 heteroatoms. The van der Waals surface area contributed by atoms with Crippen molar-refractivity contribution >= 4 is 10.0 Å². The molecule has 1 aromatic rings. The number of nitrogens with zero attached hydrogens (tertiary/aromatic N) is 1. The fourth-order valence-electron chi connectivity index (χ4n) is 1.47. The fraction of sp³-hybridized carbons (Fsp3) is 0.455. The topological polar surface area (TPSA) is 66.8 Å². The van der Waals surface area contributed by atoms with Gasteiger partial charge in [0.2, 0.25) is 10.0 Å². The van der Waals surface area contributed by atoms with Crippen LogP contribution in [0.25, 0.3) is 0 Å². The van der Waals surface area contributed by atoms with Crippen LogP contribution in [0.5, 0.6) is 5.75 Å². The van der Waals surface area contributed by atoms with E-state index in [1.54, 1.807) is 18.2 Å². The van der Waals surface area contributed by atoms with Crippen LogP contribution in [0.3, 0.4) is 0 Å². The molecule has 17 heavy (non-hydrogen) atoms. The van der Waals surface area contributed by atoms with Crippen LogP contribution < -0.4 is 4.74 Å². The maximum absolute atomic E-state index is 12.2. The Bertz CT molecular complexity index is 470. The lowest BCUT2D eigenvalue weighted by molar-refractivity contribution is 0.171. The molecule has 1 aromatic carbocycles. The molecule has 0 aromatic heterocycles. The molecule has 0 aliphatic rings. The number of ether oxygens (including phenoxy) is 1. The number of sulfonamides is 1. The Labute approximate surface area is 102 Å². The summed E-state index contributed by atoms with van der Waals surface area (Å²) in [5, 5.41) is 9.22. The number of likely N-dealkylation sites (N-methyl/N-ethyl adjacent to an activating group) is 1. The standard InChI is InChI=1S/C11H17NO4S/c1-9(13)8-12(2)17(14,15)11-7-5-4-6-10(11)16-3/h4-7,9,13H,8H2,1-3H3. The molecule has 0 amide bonds. The van der Waals surface area contributed by atoms with Crippen molar-refractivity contribution in [3.05, 3.63) is 24.3 Å². The number of methoxy groups -OCH3 is 1. The highest BCUT2D eigenvalue weighted by Gasteiger charge is 2.24. The Morgan fingerprint density at radius 2 is 2.00 bits per heavy atom. The summed E-state index contributed by atoms with van der Waals surface area (Å²) >= 11 is 0. The van der Waals surface area contributed by atoms with Gasteiger partial charge in [-0.25, -0.2) is 8.42 Å². The van der Waals surface area contributed by atoms with Crippen LogP contribution in [0, 0.1) is 0 Å². The number of aliphatic hydroxyl groups is 1. The Balaban J connectivity index is 3.13. The molecule has 5 nitrogen and oxygen atoms in total. The summed E-state index contributed by atoms with van der Waals surface area (Å²) < 4.78 is 30.5. The fourth-order valence-corrected chi connectivity index (χ4v) is 2.87. The molecule has 1 rings (SSSR count). The lowest BCUT2D eigenvalue weighted by Gasteiger charge is -2.19. The van der Waals surface area contributed by atoms with Crippen molar-refractivity contribution in [1.82, 2.24) is 4.31 Å². The van der Waals surface area contributed by atoms with Crippen LogP contribution in [-0.2, 0) is 10.0 Å². The third-order valence-electron chi connectivity index (χ3n) is 2.28. The molecule has 1 N–H and O–H groups in total. The van der Waals surface area contributed by atoms with Gasteiger partial charge in [-0.2, -0.15) is 4.31 Å². The largest absolute Gasteiger partial charge is 0.495 e. The van der Waals surface area contributed by atoms with Gasteiger partial charge in [-0.05, 0) is 19.1 Å². The average molecular weight is 259 g/mol. The van der Waals surface area contributed by atoms with Gasteiger partial charge in [-0.1, -0.05) is 12.1 Å². The van der Waals surface area contributed by atoms with Crippen molar-refractivity contribution in [2.75, 3.05) is 20.7 Å². The Hall–Kier alpha value is -1.11. The normalized spacial score (nSPS) is 13.7. The second-order valence-electron chi connectivity index (χ2n) is 3.79. The highest BCUT2D eigenvalue weighted by molar-refractivity contribution is 7.89. The van der Waals surface area contributed by atoms with Crippen LogP contribution in [0.15, 0.2) is 29.2 Å². The number of rotatable bonds is 5. The number of benzene rings is 1. The lowest BCUT2D eigenvalue weighted by Crippen LogP contribution is -2.33. The highest BCUT2D eigenvalue weighted by Crippen LogP contribution is 2.25. The second-order valence-corrected chi connectivity index (χ2v) is 5.80. The minimum Gasteiger partial charge on any atom is -0.495 e. The number of hydrogen-bond acceptors (Lipinski definition) is 4. The molecular weight excluding hydrogens is 242 g/mol. The summed E-state index contributed by atoms with van der Waals surface area (Å²) in [5.41, 5.74) is 0. The minimum absolute atomic E-state index is 0.0420. The van der Waals surface area contributed by atoms with E-state index in [4.69, 9.17) is 4.74 Å². The number of hydrogen-bond donors (Lipinski definition) is 1. The lowest BCUT2D eigenvalue weighted by atomic mass is 10.3. The molecule has 0 bridgehead atoms. The Morgan fingerprint density at radius 3 is 2.53 bits per heavy atom. The Morgan fingerprint density at radius 1 is 1.41 bits per heavy atom. The van der Waals surface area contributed by atoms with Gasteiger partial charge in [0.25, 0.3) is 0 Å². The zero-order chi connectivity index (χ0) is 13.1. The highest BCUT2D eigenvalue weighted by atomic mass is 32.2. The molecule has 0 aliphatic carbocycles. The van der Waals surface area contributed by atoms with E-state index in [1.807, 2.05) is 0 Å². The minimum atomic E-state index is -3.63. The predicted molar refractivity (Wildman–Crippen MR) is 64.5 cm³/mol. The van der Waals surface area contributed by atoms with Gasteiger partial charge in [0, 0.05) is 13.6 Å². The summed E-state index contributed by atoms with van der Waals surface area (Å²) in [6.45, 7) is 1.58. The molecule has 0 heterocycles.